The molecule has 1 aliphatic rings. The molecule has 108 valence electrons. The van der Waals surface area contributed by atoms with Crippen molar-refractivity contribution in [2.24, 2.45) is 0 Å². The topological polar surface area (TPSA) is 44.1 Å². The molecule has 0 aliphatic carbocycles. The van der Waals surface area contributed by atoms with E-state index in [-0.39, 0.29) is 0 Å². The Hall–Kier alpha value is -1.78. The quantitative estimate of drug-likeness (QED) is 0.618. The van der Waals surface area contributed by atoms with E-state index >= 15 is 0 Å². The number of carbonyl (C=O) groups is 1. The molecule has 0 unspecified atom stereocenters. The number of halogens is 2. The van der Waals surface area contributed by atoms with Crippen LogP contribution in [0.2, 0.25) is 10.2 Å². The summed E-state index contributed by atoms with van der Waals surface area (Å²) in [7, 11) is 1.34. The van der Waals surface area contributed by atoms with Gasteiger partial charge >= 0.3 is 5.97 Å². The van der Waals surface area contributed by atoms with Crippen molar-refractivity contribution in [3.8, 4) is 11.3 Å². The summed E-state index contributed by atoms with van der Waals surface area (Å²) in [5.74, 6) is -0.457. The molecule has 21 heavy (non-hydrogen) atoms. The van der Waals surface area contributed by atoms with Crippen molar-refractivity contribution in [3.63, 3.8) is 0 Å². The first-order valence-electron chi connectivity index (χ1n) is 6.43. The van der Waals surface area contributed by atoms with Crippen LogP contribution >= 0.6 is 23.2 Å². The molecular weight excluding hydrogens is 311 g/mol. The Morgan fingerprint density at radius 3 is 2.95 bits per heavy atom. The van der Waals surface area contributed by atoms with Crippen LogP contribution in [-0.4, -0.2) is 22.6 Å². The van der Waals surface area contributed by atoms with Crippen LogP contribution in [0.25, 0.3) is 17.3 Å². The van der Waals surface area contributed by atoms with Crippen molar-refractivity contribution in [1.29, 1.82) is 0 Å². The molecule has 3 heterocycles. The lowest BCUT2D eigenvalue weighted by atomic mass is 10.1. The Morgan fingerprint density at radius 2 is 2.24 bits per heavy atom. The highest BCUT2D eigenvalue weighted by molar-refractivity contribution is 6.38. The lowest BCUT2D eigenvalue weighted by Crippen LogP contribution is -2.08. The lowest BCUT2D eigenvalue weighted by molar-refractivity contribution is 0.0600. The van der Waals surface area contributed by atoms with E-state index in [0.29, 0.717) is 27.0 Å². The summed E-state index contributed by atoms with van der Waals surface area (Å²) in [6.07, 6.45) is 6.37. The molecular formula is C15H12Cl2N2O2. The second-order valence-corrected chi connectivity index (χ2v) is 5.33. The van der Waals surface area contributed by atoms with E-state index in [1.807, 2.05) is 22.8 Å². The number of carbonyl (C=O) groups excluding carboxylic acids is 1. The molecule has 0 amide bonds. The number of rotatable bonds is 2. The zero-order valence-electron chi connectivity index (χ0n) is 11.3. The number of hydrogen-bond acceptors (Lipinski definition) is 3. The minimum Gasteiger partial charge on any atom is -0.465 e. The molecule has 0 radical (unpaired) electrons. The molecule has 0 atom stereocenters. The van der Waals surface area contributed by atoms with Gasteiger partial charge in [-0.15, -0.1) is 0 Å². The Morgan fingerprint density at radius 1 is 1.43 bits per heavy atom. The zero-order chi connectivity index (χ0) is 15.0. The van der Waals surface area contributed by atoms with Crippen LogP contribution in [0.15, 0.2) is 24.4 Å². The van der Waals surface area contributed by atoms with Gasteiger partial charge in [-0.2, -0.15) is 0 Å². The van der Waals surface area contributed by atoms with Crippen LogP contribution in [0.3, 0.4) is 0 Å². The molecule has 4 nitrogen and oxygen atoms in total. The lowest BCUT2D eigenvalue weighted by Gasteiger charge is -2.15. The van der Waals surface area contributed by atoms with Gasteiger partial charge in [-0.3, -0.25) is 0 Å². The third kappa shape index (κ3) is 2.24. The summed E-state index contributed by atoms with van der Waals surface area (Å²) in [4.78, 5) is 16.1. The average Bonchev–Trinajstić information content (AvgIpc) is 2.79. The summed E-state index contributed by atoms with van der Waals surface area (Å²) in [5.41, 5.74) is 2.52. The zero-order valence-corrected chi connectivity index (χ0v) is 12.8. The predicted octanol–water partition coefficient (Wildman–Crippen LogP) is 4.06. The second-order valence-electron chi connectivity index (χ2n) is 4.60. The molecule has 2 aromatic rings. The van der Waals surface area contributed by atoms with Gasteiger partial charge in [0, 0.05) is 18.3 Å². The van der Waals surface area contributed by atoms with Gasteiger partial charge in [0.15, 0.2) is 0 Å². The van der Waals surface area contributed by atoms with E-state index in [9.17, 15) is 4.79 Å². The number of pyridine rings is 1. The van der Waals surface area contributed by atoms with Crippen molar-refractivity contribution in [2.45, 2.75) is 13.0 Å². The Labute approximate surface area is 132 Å². The molecule has 0 aromatic carbocycles. The van der Waals surface area contributed by atoms with Gasteiger partial charge in [-0.05, 0) is 24.6 Å². The Kier molecular flexibility index (Phi) is 3.74. The molecule has 0 spiro atoms. The fourth-order valence-electron chi connectivity index (χ4n) is 2.53. The largest absolute Gasteiger partial charge is 0.465 e. The molecule has 0 N–H and O–H groups in total. The molecule has 3 rings (SSSR count). The summed E-state index contributed by atoms with van der Waals surface area (Å²) in [5, 5.41) is 0.698. The highest BCUT2D eigenvalue weighted by Gasteiger charge is 2.28. The van der Waals surface area contributed by atoms with Crippen LogP contribution in [-0.2, 0) is 11.3 Å². The predicted molar refractivity (Wildman–Crippen MR) is 82.7 cm³/mol. The summed E-state index contributed by atoms with van der Waals surface area (Å²) >= 11 is 12.6. The van der Waals surface area contributed by atoms with E-state index in [1.54, 1.807) is 12.3 Å². The smallest absolute Gasteiger partial charge is 0.341 e. The van der Waals surface area contributed by atoms with Gasteiger partial charge in [-0.25, -0.2) is 9.78 Å². The van der Waals surface area contributed by atoms with Crippen molar-refractivity contribution in [1.82, 2.24) is 9.55 Å². The van der Waals surface area contributed by atoms with E-state index in [2.05, 4.69) is 4.98 Å². The van der Waals surface area contributed by atoms with E-state index in [4.69, 9.17) is 27.9 Å². The van der Waals surface area contributed by atoms with Crippen LogP contribution in [0, 0.1) is 0 Å². The number of methoxy groups -OCH3 is 1. The molecule has 0 saturated carbocycles. The Balaban J connectivity index is 2.32. The van der Waals surface area contributed by atoms with Gasteiger partial charge in [0.1, 0.15) is 10.7 Å². The minimum absolute atomic E-state index is 0.346. The third-order valence-corrected chi connectivity index (χ3v) is 4.11. The monoisotopic (exact) mass is 322 g/mol. The van der Waals surface area contributed by atoms with Crippen LogP contribution in [0.5, 0.6) is 0 Å². The highest BCUT2D eigenvalue weighted by Crippen LogP contribution is 2.40. The number of allylic oxidation sites excluding steroid dienone is 1. The minimum atomic E-state index is -0.457. The maximum atomic E-state index is 12.0. The maximum absolute atomic E-state index is 12.0. The summed E-state index contributed by atoms with van der Waals surface area (Å²) in [6, 6.07) is 3.62. The average molecular weight is 323 g/mol. The SMILES string of the molecule is COC(=O)c1c(Cl)c(-c2cccnc2Cl)n2c1C=CCC2. The standard InChI is InChI=1S/C15H12Cl2N2O2/c1-21-15(20)11-10-6-2-3-8-19(10)13(12(11)16)9-5-4-7-18-14(9)17/h2,4-7H,3,8H2,1H3. The van der Waals surface area contributed by atoms with Gasteiger partial charge in [0.25, 0.3) is 0 Å². The van der Waals surface area contributed by atoms with E-state index in [1.165, 1.54) is 7.11 Å². The van der Waals surface area contributed by atoms with Crippen LogP contribution in [0.1, 0.15) is 22.5 Å². The molecule has 6 heteroatoms. The van der Waals surface area contributed by atoms with Gasteiger partial charge < -0.3 is 9.30 Å². The van der Waals surface area contributed by atoms with Crippen molar-refractivity contribution in [2.75, 3.05) is 7.11 Å². The second kappa shape index (κ2) is 5.54. The molecule has 0 fully saturated rings. The number of esters is 1. The first kappa shape index (κ1) is 14.2. The number of fused-ring (bicyclic) bond motifs is 1. The normalized spacial score (nSPS) is 13.1. The Bertz CT molecular complexity index is 750. The van der Waals surface area contributed by atoms with Gasteiger partial charge in [-0.1, -0.05) is 29.3 Å². The van der Waals surface area contributed by atoms with Crippen molar-refractivity contribution >= 4 is 35.2 Å². The van der Waals surface area contributed by atoms with Gasteiger partial charge in [0.2, 0.25) is 0 Å². The van der Waals surface area contributed by atoms with Crippen molar-refractivity contribution < 1.29 is 9.53 Å². The number of aromatic nitrogens is 2. The maximum Gasteiger partial charge on any atom is 0.341 e. The van der Waals surface area contributed by atoms with E-state index in [0.717, 1.165) is 18.7 Å². The summed E-state index contributed by atoms with van der Waals surface area (Å²) < 4.78 is 6.83. The number of hydrogen-bond donors (Lipinski definition) is 0. The molecule has 0 saturated heterocycles. The number of ether oxygens (including phenoxy) is 1. The fraction of sp³-hybridized carbons (Fsp3) is 0.200. The van der Waals surface area contributed by atoms with Crippen LogP contribution < -0.4 is 0 Å². The molecule has 2 aromatic heterocycles. The highest BCUT2D eigenvalue weighted by atomic mass is 35.5. The first-order chi connectivity index (χ1) is 10.1. The molecule has 0 bridgehead atoms. The van der Waals surface area contributed by atoms with Crippen LogP contribution in [0.4, 0.5) is 0 Å². The first-order valence-corrected chi connectivity index (χ1v) is 7.18. The molecule has 1 aliphatic heterocycles. The number of nitrogens with zero attached hydrogens (tertiary/aromatic N) is 2. The fourth-order valence-corrected chi connectivity index (χ4v) is 3.12. The van der Waals surface area contributed by atoms with Crippen molar-refractivity contribution in [3.05, 3.63) is 45.8 Å². The van der Waals surface area contributed by atoms with E-state index < -0.39 is 5.97 Å². The third-order valence-electron chi connectivity index (χ3n) is 3.44. The summed E-state index contributed by atoms with van der Waals surface area (Å²) in [6.45, 7) is 0.725. The van der Waals surface area contributed by atoms with Gasteiger partial charge in [0.05, 0.1) is 23.5 Å².